The van der Waals surface area contributed by atoms with E-state index in [1.54, 1.807) is 23.9 Å². The first-order valence-electron chi connectivity index (χ1n) is 5.52. The van der Waals surface area contributed by atoms with E-state index in [9.17, 15) is 14.4 Å². The smallest absolute Gasteiger partial charge is 0.328 e. The number of carboxylic acids is 1. The molecule has 1 aromatic heterocycles. The van der Waals surface area contributed by atoms with Crippen LogP contribution in [0.5, 0.6) is 0 Å². The van der Waals surface area contributed by atoms with Gasteiger partial charge in [-0.05, 0) is 22.0 Å². The van der Waals surface area contributed by atoms with Crippen LogP contribution in [-0.4, -0.2) is 51.5 Å². The third kappa shape index (κ3) is 2.62. The maximum Gasteiger partial charge on any atom is 0.328 e. The van der Waals surface area contributed by atoms with Gasteiger partial charge < -0.3 is 19.9 Å². The third-order valence-electron chi connectivity index (χ3n) is 2.92. The molecule has 0 aromatic carbocycles. The predicted octanol–water partition coefficient (Wildman–Crippen LogP) is -0.187. The molecule has 1 atom stereocenters. The molecular formula is C11H12BrN3O4. The van der Waals surface area contributed by atoms with Crippen molar-refractivity contribution in [3.8, 4) is 0 Å². The Morgan fingerprint density at radius 1 is 1.53 bits per heavy atom. The monoisotopic (exact) mass is 329 g/mol. The quantitative estimate of drug-likeness (QED) is 0.786. The lowest BCUT2D eigenvalue weighted by molar-refractivity contribution is -0.144. The first kappa shape index (κ1) is 13.6. The van der Waals surface area contributed by atoms with Gasteiger partial charge in [-0.3, -0.25) is 9.59 Å². The van der Waals surface area contributed by atoms with E-state index in [4.69, 9.17) is 5.11 Å². The molecule has 1 saturated heterocycles. The van der Waals surface area contributed by atoms with Crippen LogP contribution in [0.25, 0.3) is 0 Å². The molecule has 1 unspecified atom stereocenters. The Labute approximate surface area is 117 Å². The Hall–Kier alpha value is -1.83. The fourth-order valence-corrected chi connectivity index (χ4v) is 2.48. The fraction of sp³-hybridized carbons (Fsp3) is 0.364. The van der Waals surface area contributed by atoms with Crippen molar-refractivity contribution in [2.75, 3.05) is 13.1 Å². The molecule has 0 spiro atoms. The highest BCUT2D eigenvalue weighted by Crippen LogP contribution is 2.17. The summed E-state index contributed by atoms with van der Waals surface area (Å²) in [5.41, 5.74) is 0.327. The number of aliphatic carboxylic acids is 1. The maximum atomic E-state index is 12.3. The second-order valence-electron chi connectivity index (χ2n) is 4.25. The number of hydrogen-bond acceptors (Lipinski definition) is 3. The first-order chi connectivity index (χ1) is 8.90. The summed E-state index contributed by atoms with van der Waals surface area (Å²) in [5.74, 6) is -1.98. The molecule has 19 heavy (non-hydrogen) atoms. The molecule has 2 heterocycles. The van der Waals surface area contributed by atoms with Gasteiger partial charge in [-0.15, -0.1) is 0 Å². The molecule has 102 valence electrons. The number of hydrogen-bond donors (Lipinski definition) is 2. The molecule has 0 bridgehead atoms. The van der Waals surface area contributed by atoms with E-state index < -0.39 is 17.9 Å². The summed E-state index contributed by atoms with van der Waals surface area (Å²) in [6.45, 7) is -0.329. The van der Waals surface area contributed by atoms with Gasteiger partial charge in [0.15, 0.2) is 0 Å². The summed E-state index contributed by atoms with van der Waals surface area (Å²) >= 11 is 3.24. The molecule has 2 amide bonds. The molecule has 7 nitrogen and oxygen atoms in total. The minimum absolute atomic E-state index is 0.0779. The van der Waals surface area contributed by atoms with Gasteiger partial charge in [0, 0.05) is 24.3 Å². The number of halogens is 1. The Morgan fingerprint density at radius 2 is 2.21 bits per heavy atom. The van der Waals surface area contributed by atoms with Crippen LogP contribution in [0.3, 0.4) is 0 Å². The molecule has 8 heteroatoms. The molecule has 2 rings (SSSR count). The highest BCUT2D eigenvalue weighted by Gasteiger charge is 2.36. The van der Waals surface area contributed by atoms with Crippen molar-refractivity contribution < 1.29 is 19.5 Å². The number of nitrogens with zero attached hydrogens (tertiary/aromatic N) is 2. The zero-order valence-electron chi connectivity index (χ0n) is 10.1. The van der Waals surface area contributed by atoms with Crippen molar-refractivity contribution >= 4 is 33.7 Å². The maximum absolute atomic E-state index is 12.3. The summed E-state index contributed by atoms with van der Waals surface area (Å²) in [5, 5.41) is 11.5. The second-order valence-corrected chi connectivity index (χ2v) is 5.16. The number of aryl methyl sites for hydroxylation is 1. The summed E-state index contributed by atoms with van der Waals surface area (Å²) in [7, 11) is 1.68. The average Bonchev–Trinajstić information content (AvgIpc) is 2.67. The van der Waals surface area contributed by atoms with Gasteiger partial charge in [0.05, 0.1) is 0 Å². The van der Waals surface area contributed by atoms with Crippen LogP contribution in [0.1, 0.15) is 10.5 Å². The van der Waals surface area contributed by atoms with E-state index in [1.165, 1.54) is 0 Å². The Balaban J connectivity index is 2.31. The normalized spacial score (nSPS) is 19.2. The number of nitrogens with one attached hydrogen (secondary N) is 1. The number of piperazine rings is 1. The van der Waals surface area contributed by atoms with E-state index in [0.717, 1.165) is 4.90 Å². The predicted molar refractivity (Wildman–Crippen MR) is 68.6 cm³/mol. The second kappa shape index (κ2) is 5.04. The van der Waals surface area contributed by atoms with E-state index in [2.05, 4.69) is 21.2 Å². The van der Waals surface area contributed by atoms with Crippen molar-refractivity contribution in [2.24, 2.45) is 7.05 Å². The number of rotatable bonds is 2. The van der Waals surface area contributed by atoms with Crippen LogP contribution in [0.15, 0.2) is 16.7 Å². The zero-order valence-corrected chi connectivity index (χ0v) is 11.7. The van der Waals surface area contributed by atoms with Crippen LogP contribution in [0, 0.1) is 0 Å². The summed E-state index contributed by atoms with van der Waals surface area (Å²) in [6, 6.07) is 0.548. The minimum Gasteiger partial charge on any atom is -0.480 e. The van der Waals surface area contributed by atoms with Gasteiger partial charge in [-0.1, -0.05) is 0 Å². The lowest BCUT2D eigenvalue weighted by Crippen LogP contribution is -2.59. The lowest BCUT2D eigenvalue weighted by Gasteiger charge is -2.32. The number of amides is 2. The van der Waals surface area contributed by atoms with Gasteiger partial charge in [-0.2, -0.15) is 0 Å². The zero-order chi connectivity index (χ0) is 14.2. The van der Waals surface area contributed by atoms with Crippen LogP contribution < -0.4 is 5.32 Å². The molecule has 1 aliphatic rings. The van der Waals surface area contributed by atoms with Crippen LogP contribution in [0.4, 0.5) is 0 Å². The summed E-state index contributed by atoms with van der Waals surface area (Å²) in [4.78, 5) is 35.9. The van der Waals surface area contributed by atoms with Crippen LogP contribution in [-0.2, 0) is 16.6 Å². The molecule has 1 fully saturated rings. The van der Waals surface area contributed by atoms with Crippen LogP contribution >= 0.6 is 15.9 Å². The fourth-order valence-electron chi connectivity index (χ4n) is 1.96. The highest BCUT2D eigenvalue weighted by atomic mass is 79.9. The SMILES string of the molecule is Cn1cc(Br)cc1C(=O)N1CC(=O)NCC1C(=O)O. The number of aromatic nitrogens is 1. The first-order valence-corrected chi connectivity index (χ1v) is 6.32. The molecule has 0 radical (unpaired) electrons. The lowest BCUT2D eigenvalue weighted by atomic mass is 10.1. The average molecular weight is 330 g/mol. The van der Waals surface area contributed by atoms with Crippen molar-refractivity contribution in [1.29, 1.82) is 0 Å². The molecular weight excluding hydrogens is 318 g/mol. The van der Waals surface area contributed by atoms with Gasteiger partial charge in [-0.25, -0.2) is 4.79 Å². The van der Waals surface area contributed by atoms with Gasteiger partial charge in [0.25, 0.3) is 5.91 Å². The molecule has 2 N–H and O–H groups in total. The summed E-state index contributed by atoms with van der Waals surface area (Å²) in [6.07, 6.45) is 1.69. The Bertz CT molecular complexity index is 554. The minimum atomic E-state index is -1.14. The molecule has 1 aliphatic heterocycles. The van der Waals surface area contributed by atoms with E-state index in [0.29, 0.717) is 10.2 Å². The Morgan fingerprint density at radius 3 is 2.74 bits per heavy atom. The van der Waals surface area contributed by atoms with Crippen molar-refractivity contribution in [1.82, 2.24) is 14.8 Å². The topological polar surface area (TPSA) is 91.6 Å². The van der Waals surface area contributed by atoms with Crippen LogP contribution in [0.2, 0.25) is 0 Å². The van der Waals surface area contributed by atoms with Gasteiger partial charge in [0.1, 0.15) is 18.3 Å². The van der Waals surface area contributed by atoms with Gasteiger partial charge in [0.2, 0.25) is 5.91 Å². The van der Waals surface area contributed by atoms with E-state index in [1.807, 2.05) is 0 Å². The molecule has 1 aromatic rings. The van der Waals surface area contributed by atoms with Crippen molar-refractivity contribution in [3.05, 3.63) is 22.4 Å². The number of carbonyl (C=O) groups is 3. The van der Waals surface area contributed by atoms with Crippen molar-refractivity contribution in [3.63, 3.8) is 0 Å². The van der Waals surface area contributed by atoms with E-state index in [-0.39, 0.29) is 19.0 Å². The molecule has 0 saturated carbocycles. The largest absolute Gasteiger partial charge is 0.480 e. The highest BCUT2D eigenvalue weighted by molar-refractivity contribution is 9.10. The third-order valence-corrected chi connectivity index (χ3v) is 3.35. The number of carboxylic acid groups (broad SMARTS) is 1. The Kier molecular flexibility index (Phi) is 3.61. The number of carbonyl (C=O) groups excluding carboxylic acids is 2. The van der Waals surface area contributed by atoms with Crippen molar-refractivity contribution in [2.45, 2.75) is 6.04 Å². The molecule has 0 aliphatic carbocycles. The van der Waals surface area contributed by atoms with Gasteiger partial charge >= 0.3 is 5.97 Å². The standard InChI is InChI=1S/C11H12BrN3O4/c1-14-4-6(12)2-7(14)10(17)15-5-9(16)13-3-8(15)11(18)19/h2,4,8H,3,5H2,1H3,(H,13,16)(H,18,19). The van der Waals surface area contributed by atoms with E-state index >= 15 is 0 Å². The summed E-state index contributed by atoms with van der Waals surface area (Å²) < 4.78 is 2.30.